The summed E-state index contributed by atoms with van der Waals surface area (Å²) in [6, 6.07) is 7.32. The van der Waals surface area contributed by atoms with Gasteiger partial charge in [0.25, 0.3) is 0 Å². The number of phenolic OH excluding ortho intramolecular Hbond substituents is 1. The van der Waals surface area contributed by atoms with Crippen LogP contribution >= 0.6 is 11.3 Å². The van der Waals surface area contributed by atoms with Crippen molar-refractivity contribution in [1.29, 1.82) is 0 Å². The first-order chi connectivity index (χ1) is 12.6. The molecule has 0 aliphatic carbocycles. The van der Waals surface area contributed by atoms with Gasteiger partial charge < -0.3 is 10.4 Å². The predicted octanol–water partition coefficient (Wildman–Crippen LogP) is 4.20. The van der Waals surface area contributed by atoms with Crippen LogP contribution in [0.5, 0.6) is 5.75 Å². The van der Waals surface area contributed by atoms with Crippen molar-refractivity contribution in [3.8, 4) is 16.5 Å². The van der Waals surface area contributed by atoms with E-state index in [4.69, 9.17) is 0 Å². The number of hydrogen-bond acceptors (Lipinski definition) is 7. The highest BCUT2D eigenvalue weighted by molar-refractivity contribution is 7.14. The van der Waals surface area contributed by atoms with Crippen LogP contribution in [0, 0.1) is 6.92 Å². The SMILES string of the molecule is CCN(CC)Cc1cc(Nc2nccc(-c3ncc(C)s3)n2)ccc1O. The molecule has 2 heterocycles. The van der Waals surface area contributed by atoms with E-state index in [2.05, 4.69) is 39.0 Å². The molecule has 7 heteroatoms. The Morgan fingerprint density at radius 3 is 2.65 bits per heavy atom. The molecule has 0 bridgehead atoms. The molecule has 0 atom stereocenters. The first kappa shape index (κ1) is 18.3. The van der Waals surface area contributed by atoms with Gasteiger partial charge in [0.1, 0.15) is 16.5 Å². The van der Waals surface area contributed by atoms with Crippen molar-refractivity contribution in [3.05, 3.63) is 47.1 Å². The molecule has 0 aliphatic rings. The number of phenols is 1. The predicted molar refractivity (Wildman–Crippen MR) is 106 cm³/mol. The second-order valence-electron chi connectivity index (χ2n) is 5.97. The molecule has 3 aromatic rings. The topological polar surface area (TPSA) is 74.2 Å². The molecule has 0 amide bonds. The highest BCUT2D eigenvalue weighted by Gasteiger charge is 2.09. The minimum absolute atomic E-state index is 0.301. The number of rotatable bonds is 7. The number of nitrogens with zero attached hydrogens (tertiary/aromatic N) is 4. The Hall–Kier alpha value is -2.51. The maximum Gasteiger partial charge on any atom is 0.227 e. The van der Waals surface area contributed by atoms with Crippen molar-refractivity contribution in [2.24, 2.45) is 0 Å². The summed E-state index contributed by atoms with van der Waals surface area (Å²) in [6.07, 6.45) is 3.56. The molecule has 1 aromatic carbocycles. The Bertz CT molecular complexity index is 876. The van der Waals surface area contributed by atoms with Crippen LogP contribution in [0.25, 0.3) is 10.7 Å². The van der Waals surface area contributed by atoms with Crippen LogP contribution in [0.3, 0.4) is 0 Å². The van der Waals surface area contributed by atoms with Gasteiger partial charge in [0.2, 0.25) is 5.95 Å². The number of anilines is 2. The lowest BCUT2D eigenvalue weighted by atomic mass is 10.1. The van der Waals surface area contributed by atoms with Crippen molar-refractivity contribution >= 4 is 23.0 Å². The third kappa shape index (κ3) is 4.36. The molecular weight excluding hydrogens is 346 g/mol. The molecule has 2 N–H and O–H groups in total. The van der Waals surface area contributed by atoms with E-state index in [0.717, 1.165) is 39.9 Å². The van der Waals surface area contributed by atoms with Gasteiger partial charge in [0.15, 0.2) is 0 Å². The number of hydrogen-bond donors (Lipinski definition) is 2. The fourth-order valence-corrected chi connectivity index (χ4v) is 3.35. The maximum atomic E-state index is 10.1. The zero-order chi connectivity index (χ0) is 18.5. The molecule has 0 unspecified atom stereocenters. The van der Waals surface area contributed by atoms with Gasteiger partial charge >= 0.3 is 0 Å². The zero-order valence-electron chi connectivity index (χ0n) is 15.2. The Balaban J connectivity index is 1.81. The van der Waals surface area contributed by atoms with Crippen LogP contribution in [0.1, 0.15) is 24.3 Å². The molecule has 2 aromatic heterocycles. The summed E-state index contributed by atoms with van der Waals surface area (Å²) in [5, 5.41) is 14.2. The largest absolute Gasteiger partial charge is 0.508 e. The van der Waals surface area contributed by atoms with E-state index in [1.807, 2.05) is 31.3 Å². The normalized spacial score (nSPS) is 11.1. The van der Waals surface area contributed by atoms with Crippen molar-refractivity contribution in [1.82, 2.24) is 19.9 Å². The Kier molecular flexibility index (Phi) is 5.80. The zero-order valence-corrected chi connectivity index (χ0v) is 16.0. The number of thiazole rings is 1. The smallest absolute Gasteiger partial charge is 0.227 e. The maximum absolute atomic E-state index is 10.1. The highest BCUT2D eigenvalue weighted by Crippen LogP contribution is 2.26. The van der Waals surface area contributed by atoms with Crippen LogP contribution in [0.15, 0.2) is 36.7 Å². The summed E-state index contributed by atoms with van der Waals surface area (Å²) in [7, 11) is 0. The minimum atomic E-state index is 0.301. The number of benzene rings is 1. The van der Waals surface area contributed by atoms with Crippen molar-refractivity contribution in [3.63, 3.8) is 0 Å². The summed E-state index contributed by atoms with van der Waals surface area (Å²) in [4.78, 5) is 16.6. The Morgan fingerprint density at radius 1 is 1.15 bits per heavy atom. The van der Waals surface area contributed by atoms with Crippen molar-refractivity contribution in [2.75, 3.05) is 18.4 Å². The number of aryl methyl sites for hydroxylation is 1. The second kappa shape index (κ2) is 8.25. The highest BCUT2D eigenvalue weighted by atomic mass is 32.1. The standard InChI is InChI=1S/C19H23N5OS/c1-4-24(5-2)12-14-10-15(6-7-17(14)25)22-19-20-9-8-16(23-19)18-21-11-13(3)26-18/h6-11,25H,4-5,12H2,1-3H3,(H,20,22,23). The van der Waals surface area contributed by atoms with Crippen molar-refractivity contribution < 1.29 is 5.11 Å². The van der Waals surface area contributed by atoms with Crippen molar-refractivity contribution in [2.45, 2.75) is 27.3 Å². The lowest BCUT2D eigenvalue weighted by Gasteiger charge is -2.19. The molecule has 0 saturated heterocycles. The summed E-state index contributed by atoms with van der Waals surface area (Å²) in [5.74, 6) is 0.810. The summed E-state index contributed by atoms with van der Waals surface area (Å²) < 4.78 is 0. The van der Waals surface area contributed by atoms with E-state index in [0.29, 0.717) is 18.2 Å². The van der Waals surface area contributed by atoms with E-state index in [-0.39, 0.29) is 0 Å². The third-order valence-electron chi connectivity index (χ3n) is 4.12. The van der Waals surface area contributed by atoms with Crippen LogP contribution in [-0.4, -0.2) is 38.0 Å². The summed E-state index contributed by atoms with van der Waals surface area (Å²) in [6.45, 7) is 8.83. The fraction of sp³-hybridized carbons (Fsp3) is 0.316. The Morgan fingerprint density at radius 2 is 1.96 bits per heavy atom. The van der Waals surface area contributed by atoms with Gasteiger partial charge in [-0.05, 0) is 44.3 Å². The average molecular weight is 369 g/mol. The van der Waals surface area contributed by atoms with E-state index < -0.39 is 0 Å². The van der Waals surface area contributed by atoms with Gasteiger partial charge in [0.05, 0.1) is 0 Å². The third-order valence-corrected chi connectivity index (χ3v) is 5.06. The molecule has 0 aliphatic heterocycles. The fourth-order valence-electron chi connectivity index (χ4n) is 2.62. The molecule has 6 nitrogen and oxygen atoms in total. The summed E-state index contributed by atoms with van der Waals surface area (Å²) >= 11 is 1.60. The van der Waals surface area contributed by atoms with Gasteiger partial charge in [-0.3, -0.25) is 4.90 Å². The minimum Gasteiger partial charge on any atom is -0.508 e. The van der Waals surface area contributed by atoms with Crippen LogP contribution in [0.4, 0.5) is 11.6 Å². The summed E-state index contributed by atoms with van der Waals surface area (Å²) in [5.41, 5.74) is 2.52. The molecular formula is C19H23N5OS. The molecule has 0 saturated carbocycles. The number of aromatic nitrogens is 3. The lowest BCUT2D eigenvalue weighted by molar-refractivity contribution is 0.291. The van der Waals surface area contributed by atoms with Gasteiger partial charge in [-0.15, -0.1) is 11.3 Å². The van der Waals surface area contributed by atoms with Gasteiger partial charge in [-0.2, -0.15) is 0 Å². The van der Waals surface area contributed by atoms with Crippen LogP contribution in [-0.2, 0) is 6.54 Å². The molecule has 136 valence electrons. The molecule has 3 rings (SSSR count). The number of aromatic hydroxyl groups is 1. The first-order valence-corrected chi connectivity index (χ1v) is 9.47. The van der Waals surface area contributed by atoms with Gasteiger partial charge in [-0.1, -0.05) is 13.8 Å². The quantitative estimate of drug-likeness (QED) is 0.608. The molecule has 0 radical (unpaired) electrons. The van der Waals surface area contributed by atoms with E-state index in [9.17, 15) is 5.11 Å². The Labute approximate surface area is 157 Å². The van der Waals surface area contributed by atoms with Crippen LogP contribution < -0.4 is 5.32 Å². The molecule has 26 heavy (non-hydrogen) atoms. The molecule has 0 spiro atoms. The van der Waals surface area contributed by atoms with Gasteiger partial charge in [0, 0.05) is 35.1 Å². The first-order valence-electron chi connectivity index (χ1n) is 8.66. The van der Waals surface area contributed by atoms with Crippen LogP contribution in [0.2, 0.25) is 0 Å². The van der Waals surface area contributed by atoms with E-state index >= 15 is 0 Å². The van der Waals surface area contributed by atoms with E-state index in [1.54, 1.807) is 23.6 Å². The average Bonchev–Trinajstić information content (AvgIpc) is 3.09. The molecule has 0 fully saturated rings. The second-order valence-corrected chi connectivity index (χ2v) is 7.21. The number of nitrogens with one attached hydrogen (secondary N) is 1. The lowest BCUT2D eigenvalue weighted by Crippen LogP contribution is -2.22. The van der Waals surface area contributed by atoms with E-state index in [1.165, 1.54) is 0 Å². The van der Waals surface area contributed by atoms with Gasteiger partial charge in [-0.25, -0.2) is 15.0 Å². The monoisotopic (exact) mass is 369 g/mol.